The summed E-state index contributed by atoms with van der Waals surface area (Å²) < 4.78 is 17.2. The number of ether oxygens (including phenoxy) is 3. The molecule has 2 unspecified atom stereocenters. The number of likely N-dealkylation sites (N-methyl/N-ethyl adjacent to an activating group) is 1. The predicted molar refractivity (Wildman–Crippen MR) is 220 cm³/mol. The van der Waals surface area contributed by atoms with Crippen LogP contribution in [-0.2, 0) is 28.6 Å². The third-order valence-electron chi connectivity index (χ3n) is 8.93. The van der Waals surface area contributed by atoms with Crippen molar-refractivity contribution in [3.8, 4) is 0 Å². The van der Waals surface area contributed by atoms with Crippen LogP contribution in [0.1, 0.15) is 155 Å². The van der Waals surface area contributed by atoms with Crippen molar-refractivity contribution in [1.29, 1.82) is 0 Å². The van der Waals surface area contributed by atoms with Crippen molar-refractivity contribution in [3.05, 3.63) is 60.8 Å². The molecule has 0 aliphatic carbocycles. The van der Waals surface area contributed by atoms with E-state index < -0.39 is 18.1 Å². The molecule has 0 amide bonds. The van der Waals surface area contributed by atoms with Crippen LogP contribution in [0.25, 0.3) is 0 Å². The second kappa shape index (κ2) is 36.0. The van der Waals surface area contributed by atoms with Crippen molar-refractivity contribution in [2.75, 3.05) is 41.0 Å². The number of carbonyl (C=O) groups excluding carboxylic acids is 2. The van der Waals surface area contributed by atoms with Gasteiger partial charge in [0.2, 0.25) is 0 Å². The summed E-state index contributed by atoms with van der Waals surface area (Å²) >= 11 is 0. The van der Waals surface area contributed by atoms with Gasteiger partial charge in [-0.3, -0.25) is 9.59 Å². The first-order chi connectivity index (χ1) is 25.6. The number of unbranched alkanes of at least 4 members (excludes halogenated alkanes) is 13. The van der Waals surface area contributed by atoms with Crippen molar-refractivity contribution in [2.45, 2.75) is 167 Å². The molecule has 8 heteroatoms. The maximum absolute atomic E-state index is 12.7. The Morgan fingerprint density at radius 1 is 0.604 bits per heavy atom. The summed E-state index contributed by atoms with van der Waals surface area (Å²) in [6.45, 7) is 4.52. The summed E-state index contributed by atoms with van der Waals surface area (Å²) in [5.41, 5.74) is 0. The summed E-state index contributed by atoms with van der Waals surface area (Å²) in [6.07, 6.45) is 42.8. The predicted octanol–water partition coefficient (Wildman–Crippen LogP) is 11.0. The standard InChI is InChI=1S/C45H77NO7/c1-6-8-10-12-14-16-18-19-20-21-22-23-24-26-28-30-32-34-36-44(48)53-41(39-51-38-37-42(45(49)50)46(3,4)5)40-52-43(47)35-33-31-29-27-25-17-15-13-11-9-7-2/h9,11,15,17,20-23,27,29,41-42H,6-8,10,12-14,16,18-19,24-26,28,30-40H2,1-5H3/p+1/b11-9+,17-15+,21-20+,23-22+,29-27+. The van der Waals surface area contributed by atoms with Gasteiger partial charge in [0.25, 0.3) is 0 Å². The minimum absolute atomic E-state index is 0.0365. The molecule has 0 aromatic heterocycles. The first kappa shape index (κ1) is 50.0. The van der Waals surface area contributed by atoms with Gasteiger partial charge in [-0.05, 0) is 64.2 Å². The number of aliphatic carboxylic acids is 1. The Morgan fingerprint density at radius 3 is 1.72 bits per heavy atom. The zero-order valence-electron chi connectivity index (χ0n) is 34.4. The molecule has 0 saturated carbocycles. The number of hydrogen-bond donors (Lipinski definition) is 1. The van der Waals surface area contributed by atoms with Crippen LogP contribution < -0.4 is 0 Å². The molecule has 0 aromatic rings. The summed E-state index contributed by atoms with van der Waals surface area (Å²) in [5, 5.41) is 9.59. The zero-order valence-corrected chi connectivity index (χ0v) is 34.4. The monoisotopic (exact) mass is 745 g/mol. The molecule has 0 heterocycles. The average Bonchev–Trinajstić information content (AvgIpc) is 3.11. The maximum Gasteiger partial charge on any atom is 0.362 e. The number of quaternary nitrogens is 1. The van der Waals surface area contributed by atoms with E-state index in [0.29, 0.717) is 19.3 Å². The molecule has 0 aliphatic rings. The minimum atomic E-state index is -0.887. The minimum Gasteiger partial charge on any atom is -0.477 e. The second-order valence-electron chi connectivity index (χ2n) is 14.9. The summed E-state index contributed by atoms with van der Waals surface area (Å²) in [6, 6.07) is -0.626. The molecule has 53 heavy (non-hydrogen) atoms. The molecule has 0 aliphatic heterocycles. The smallest absolute Gasteiger partial charge is 0.362 e. The molecule has 0 fully saturated rings. The first-order valence-electron chi connectivity index (χ1n) is 20.8. The van der Waals surface area contributed by atoms with Crippen LogP contribution in [0.5, 0.6) is 0 Å². The van der Waals surface area contributed by atoms with Crippen LogP contribution in [0.3, 0.4) is 0 Å². The largest absolute Gasteiger partial charge is 0.477 e. The molecular formula is C45H78NO7+. The molecule has 0 spiro atoms. The molecule has 304 valence electrons. The highest BCUT2D eigenvalue weighted by Crippen LogP contribution is 2.12. The summed E-state index contributed by atoms with van der Waals surface area (Å²) in [4.78, 5) is 36.8. The average molecular weight is 745 g/mol. The lowest BCUT2D eigenvalue weighted by molar-refractivity contribution is -0.887. The zero-order chi connectivity index (χ0) is 39.3. The first-order valence-corrected chi connectivity index (χ1v) is 20.8. The van der Waals surface area contributed by atoms with E-state index >= 15 is 0 Å². The summed E-state index contributed by atoms with van der Waals surface area (Å²) in [7, 11) is 5.49. The van der Waals surface area contributed by atoms with E-state index in [2.05, 4.69) is 74.6 Å². The Kier molecular flexibility index (Phi) is 34.0. The van der Waals surface area contributed by atoms with E-state index in [1.807, 2.05) is 21.1 Å². The molecular weight excluding hydrogens is 666 g/mol. The Morgan fingerprint density at radius 2 is 1.13 bits per heavy atom. The van der Waals surface area contributed by atoms with Gasteiger partial charge in [0.05, 0.1) is 34.4 Å². The Balaban J connectivity index is 4.45. The Bertz CT molecular complexity index is 1050. The van der Waals surface area contributed by atoms with Crippen LogP contribution in [0.15, 0.2) is 60.8 Å². The number of allylic oxidation sites excluding steroid dienone is 10. The van der Waals surface area contributed by atoms with Gasteiger partial charge >= 0.3 is 17.9 Å². The second-order valence-corrected chi connectivity index (χ2v) is 14.9. The number of carbonyl (C=O) groups is 3. The highest BCUT2D eigenvalue weighted by Gasteiger charge is 2.31. The van der Waals surface area contributed by atoms with E-state index in [9.17, 15) is 19.5 Å². The van der Waals surface area contributed by atoms with E-state index in [1.165, 1.54) is 44.9 Å². The van der Waals surface area contributed by atoms with Gasteiger partial charge < -0.3 is 23.8 Å². The fourth-order valence-corrected chi connectivity index (χ4v) is 5.69. The van der Waals surface area contributed by atoms with Crippen molar-refractivity contribution in [1.82, 2.24) is 0 Å². The molecule has 8 nitrogen and oxygen atoms in total. The highest BCUT2D eigenvalue weighted by atomic mass is 16.6. The van der Waals surface area contributed by atoms with Crippen LogP contribution >= 0.6 is 0 Å². The van der Waals surface area contributed by atoms with E-state index in [1.54, 1.807) is 0 Å². The lowest BCUT2D eigenvalue weighted by Gasteiger charge is -2.31. The van der Waals surface area contributed by atoms with E-state index in [4.69, 9.17) is 14.2 Å². The van der Waals surface area contributed by atoms with Gasteiger partial charge in [-0.1, -0.05) is 132 Å². The third kappa shape index (κ3) is 34.5. The lowest BCUT2D eigenvalue weighted by Crippen LogP contribution is -2.50. The van der Waals surface area contributed by atoms with Crippen LogP contribution in [0.4, 0.5) is 0 Å². The van der Waals surface area contributed by atoms with E-state index in [0.717, 1.165) is 70.6 Å². The van der Waals surface area contributed by atoms with Gasteiger partial charge in [-0.15, -0.1) is 0 Å². The number of hydrogen-bond acceptors (Lipinski definition) is 6. The van der Waals surface area contributed by atoms with Crippen molar-refractivity contribution >= 4 is 17.9 Å². The van der Waals surface area contributed by atoms with Gasteiger partial charge in [0, 0.05) is 19.3 Å². The van der Waals surface area contributed by atoms with Crippen LogP contribution in [0, 0.1) is 0 Å². The van der Waals surface area contributed by atoms with Crippen molar-refractivity contribution in [2.24, 2.45) is 0 Å². The number of carboxylic acids is 1. The molecule has 1 N–H and O–H groups in total. The van der Waals surface area contributed by atoms with Crippen LogP contribution in [0.2, 0.25) is 0 Å². The maximum atomic E-state index is 12.7. The van der Waals surface area contributed by atoms with E-state index in [-0.39, 0.29) is 42.7 Å². The normalized spacial score (nSPS) is 13.6. The van der Waals surface area contributed by atoms with Crippen LogP contribution in [-0.4, -0.2) is 80.6 Å². The molecule has 0 bridgehead atoms. The molecule has 2 atom stereocenters. The van der Waals surface area contributed by atoms with Crippen molar-refractivity contribution < 1.29 is 38.2 Å². The number of carboxylic acid groups (broad SMARTS) is 1. The molecule has 0 rings (SSSR count). The van der Waals surface area contributed by atoms with Gasteiger partial charge in [0.15, 0.2) is 12.1 Å². The third-order valence-corrected chi connectivity index (χ3v) is 8.93. The summed E-state index contributed by atoms with van der Waals surface area (Å²) in [5.74, 6) is -1.56. The van der Waals surface area contributed by atoms with Crippen molar-refractivity contribution in [3.63, 3.8) is 0 Å². The van der Waals surface area contributed by atoms with Gasteiger partial charge in [-0.2, -0.15) is 0 Å². The number of nitrogens with zero attached hydrogens (tertiary/aromatic N) is 1. The fraction of sp³-hybridized carbons (Fsp3) is 0.711. The Labute approximate surface area is 324 Å². The highest BCUT2D eigenvalue weighted by molar-refractivity contribution is 5.72. The number of esters is 2. The molecule has 0 radical (unpaired) electrons. The topological polar surface area (TPSA) is 99.1 Å². The SMILES string of the molecule is CC/C=C/C/C=C/C/C=C/CCCC(=O)OCC(COCCC(C(=O)O)[N+](C)(C)C)OC(=O)CCCCCCC/C=C/C=C/CCCCCCCCC. The van der Waals surface area contributed by atoms with Gasteiger partial charge in [0.1, 0.15) is 6.61 Å². The Hall–Kier alpha value is -2.97. The van der Waals surface area contributed by atoms with Gasteiger partial charge in [-0.25, -0.2) is 4.79 Å². The fourth-order valence-electron chi connectivity index (χ4n) is 5.69. The molecule has 0 aromatic carbocycles. The molecule has 0 saturated heterocycles. The number of rotatable bonds is 36. The quantitative estimate of drug-likeness (QED) is 0.0224. The lowest BCUT2D eigenvalue weighted by atomic mass is 10.1.